The van der Waals surface area contributed by atoms with Gasteiger partial charge in [0.25, 0.3) is 17.0 Å². The Hall–Kier alpha value is -3.96. The normalized spacial score (nSPS) is 17.2. The molecule has 0 spiro atoms. The average molecular weight is 587 g/mol. The van der Waals surface area contributed by atoms with Crippen LogP contribution in [0.25, 0.3) is 17.4 Å². The minimum atomic E-state index is -0.429. The van der Waals surface area contributed by atoms with Gasteiger partial charge in [0, 0.05) is 26.3 Å². The van der Waals surface area contributed by atoms with Crippen molar-refractivity contribution in [1.82, 2.24) is 18.7 Å². The van der Waals surface area contributed by atoms with Crippen LogP contribution in [0.15, 0.2) is 63.2 Å². The van der Waals surface area contributed by atoms with Gasteiger partial charge in [0.05, 0.1) is 21.8 Å². The van der Waals surface area contributed by atoms with E-state index < -0.39 is 5.91 Å². The number of hydrogen-bond acceptors (Lipinski definition) is 7. The Kier molecular flexibility index (Phi) is 7.16. The molecule has 0 unspecified atom stereocenters. The highest BCUT2D eigenvalue weighted by Crippen LogP contribution is 2.37. The Morgan fingerprint density at radius 3 is 2.34 bits per heavy atom. The highest BCUT2D eigenvalue weighted by atomic mass is 32.2. The van der Waals surface area contributed by atoms with Gasteiger partial charge in [0.2, 0.25) is 0 Å². The zero-order valence-corrected chi connectivity index (χ0v) is 24.8. The quantitative estimate of drug-likeness (QED) is 0.256. The highest BCUT2D eigenvalue weighted by Gasteiger charge is 2.38. The summed E-state index contributed by atoms with van der Waals surface area (Å²) in [6.07, 6.45) is 7.66. The van der Waals surface area contributed by atoms with Gasteiger partial charge >= 0.3 is 0 Å². The molecule has 0 radical (unpaired) electrons. The molecule has 2 fully saturated rings. The molecular formula is C30H30N6O3S2. The van der Waals surface area contributed by atoms with Crippen LogP contribution in [-0.4, -0.2) is 42.1 Å². The fraction of sp³-hybridized carbons (Fsp3) is 0.300. The number of fused-ring (bicyclic) bond motifs is 1. The van der Waals surface area contributed by atoms with E-state index >= 15 is 0 Å². The second-order valence-corrected chi connectivity index (χ2v) is 12.1. The smallest absolute Gasteiger partial charge is 0.296 e. The Balaban J connectivity index is 1.47. The largest absolute Gasteiger partial charge is 0.356 e. The molecular weight excluding hydrogens is 557 g/mol. The lowest BCUT2D eigenvalue weighted by atomic mass is 10.2. The molecule has 2 aliphatic rings. The number of carbonyl (C=O) groups is 1. The summed E-state index contributed by atoms with van der Waals surface area (Å²) < 4.78 is 5.01. The third-order valence-corrected chi connectivity index (χ3v) is 9.01. The van der Waals surface area contributed by atoms with Gasteiger partial charge in [0.1, 0.15) is 17.2 Å². The minimum absolute atomic E-state index is 0.207. The molecule has 210 valence electrons. The number of rotatable bonds is 4. The summed E-state index contributed by atoms with van der Waals surface area (Å²) in [4.78, 5) is 50.1. The summed E-state index contributed by atoms with van der Waals surface area (Å²) in [7, 11) is 1.78. The first-order valence-corrected chi connectivity index (χ1v) is 14.9. The summed E-state index contributed by atoms with van der Waals surface area (Å²) in [5.74, 6) is 0.148. The molecule has 0 N–H and O–H groups in total. The van der Waals surface area contributed by atoms with E-state index in [9.17, 15) is 14.4 Å². The van der Waals surface area contributed by atoms with Gasteiger partial charge < -0.3 is 4.90 Å². The number of hydrogen-bond donors (Lipinski definition) is 0. The Morgan fingerprint density at radius 1 is 0.927 bits per heavy atom. The van der Waals surface area contributed by atoms with Crippen molar-refractivity contribution in [2.24, 2.45) is 7.05 Å². The molecule has 0 atom stereocenters. The maximum absolute atomic E-state index is 13.9. The van der Waals surface area contributed by atoms with Crippen LogP contribution in [0.3, 0.4) is 0 Å². The molecule has 1 aromatic carbocycles. The number of amides is 1. The van der Waals surface area contributed by atoms with Crippen LogP contribution >= 0.6 is 24.0 Å². The summed E-state index contributed by atoms with van der Waals surface area (Å²) in [6, 6.07) is 13.0. The Labute approximate surface area is 246 Å². The summed E-state index contributed by atoms with van der Waals surface area (Å²) in [5.41, 5.74) is 2.74. The highest BCUT2D eigenvalue weighted by molar-refractivity contribution is 8.27. The molecule has 11 heteroatoms. The zero-order chi connectivity index (χ0) is 28.8. The molecule has 0 aliphatic carbocycles. The molecule has 41 heavy (non-hydrogen) atoms. The van der Waals surface area contributed by atoms with Gasteiger partial charge in [-0.3, -0.25) is 28.4 Å². The molecule has 2 saturated heterocycles. The van der Waals surface area contributed by atoms with Crippen molar-refractivity contribution in [3.63, 3.8) is 0 Å². The molecule has 6 rings (SSSR count). The first-order valence-electron chi connectivity index (χ1n) is 13.7. The van der Waals surface area contributed by atoms with Crippen molar-refractivity contribution in [3.05, 3.63) is 91.1 Å². The van der Waals surface area contributed by atoms with Crippen molar-refractivity contribution in [2.75, 3.05) is 22.9 Å². The summed E-state index contributed by atoms with van der Waals surface area (Å²) in [5, 5.41) is 0. The lowest BCUT2D eigenvalue weighted by Crippen LogP contribution is -2.33. The topological polar surface area (TPSA) is 84.8 Å². The number of benzene rings is 1. The monoisotopic (exact) mass is 586 g/mol. The van der Waals surface area contributed by atoms with Gasteiger partial charge in [-0.25, -0.2) is 9.67 Å². The van der Waals surface area contributed by atoms with Crippen molar-refractivity contribution in [2.45, 2.75) is 39.5 Å². The standard InChI is InChI=1S/C30H30N6O3S2/c1-19-13-14-24-31-26(33-15-9-4-5-10-16-33)22(27(37)34(24)18-19)17-23-28(38)35(30(40)41-23)25-20(2)32(3)36(29(25)39)21-11-7-6-8-12-21/h6-8,11-14,17-18H,4-5,9-10,15-16H2,1-3H3/b23-17+. The van der Waals surface area contributed by atoms with Crippen LogP contribution in [0.5, 0.6) is 0 Å². The van der Waals surface area contributed by atoms with Crippen molar-refractivity contribution in [3.8, 4) is 5.69 Å². The van der Waals surface area contributed by atoms with Crippen molar-refractivity contribution < 1.29 is 4.79 Å². The number of pyridine rings is 1. The number of thioether (sulfide) groups is 1. The second kappa shape index (κ2) is 10.8. The Bertz CT molecular complexity index is 1850. The van der Waals surface area contributed by atoms with Gasteiger partial charge in [-0.1, -0.05) is 61.1 Å². The van der Waals surface area contributed by atoms with Crippen molar-refractivity contribution in [1.29, 1.82) is 0 Å². The maximum Gasteiger partial charge on any atom is 0.296 e. The molecule has 5 heterocycles. The first-order chi connectivity index (χ1) is 19.8. The number of carbonyl (C=O) groups excluding carboxylic acids is 1. The summed E-state index contributed by atoms with van der Waals surface area (Å²) in [6.45, 7) is 5.29. The number of thiocarbonyl (C=S) groups is 1. The molecule has 2 aliphatic heterocycles. The van der Waals surface area contributed by atoms with Crippen LogP contribution in [0.4, 0.5) is 11.5 Å². The molecule has 4 aromatic rings. The third-order valence-electron chi connectivity index (χ3n) is 7.71. The van der Waals surface area contributed by atoms with E-state index in [2.05, 4.69) is 4.90 Å². The molecule has 0 saturated carbocycles. The molecule has 3 aromatic heterocycles. The SMILES string of the molecule is Cc1ccc2nc(N3CCCCCC3)c(/C=C3/SC(=S)N(c4c(C)n(C)n(-c5ccccc5)c4=O)C3=O)c(=O)n2c1. The van der Waals surface area contributed by atoms with Gasteiger partial charge in [-0.05, 0) is 56.5 Å². The van der Waals surface area contributed by atoms with E-state index in [0.29, 0.717) is 28.4 Å². The molecule has 1 amide bonds. The van der Waals surface area contributed by atoms with Crippen LogP contribution in [-0.2, 0) is 11.8 Å². The minimum Gasteiger partial charge on any atom is -0.356 e. The van der Waals surface area contributed by atoms with Crippen LogP contribution in [0, 0.1) is 13.8 Å². The van der Waals surface area contributed by atoms with E-state index in [1.54, 1.807) is 30.9 Å². The molecule has 9 nitrogen and oxygen atoms in total. The van der Waals surface area contributed by atoms with Crippen LogP contribution in [0.1, 0.15) is 42.5 Å². The lowest BCUT2D eigenvalue weighted by Gasteiger charge is -2.23. The van der Waals surface area contributed by atoms with Crippen LogP contribution in [0.2, 0.25) is 0 Å². The van der Waals surface area contributed by atoms with Gasteiger partial charge in [-0.15, -0.1) is 0 Å². The van der Waals surface area contributed by atoms with E-state index in [-0.39, 0.29) is 26.0 Å². The predicted molar refractivity (Wildman–Crippen MR) is 168 cm³/mol. The fourth-order valence-electron chi connectivity index (χ4n) is 5.50. The lowest BCUT2D eigenvalue weighted by molar-refractivity contribution is -0.113. The van der Waals surface area contributed by atoms with Gasteiger partial charge in [-0.2, -0.15) is 0 Å². The van der Waals surface area contributed by atoms with Crippen LogP contribution < -0.4 is 20.9 Å². The van der Waals surface area contributed by atoms with E-state index in [4.69, 9.17) is 17.2 Å². The second-order valence-electron chi connectivity index (χ2n) is 10.4. The average Bonchev–Trinajstić information content (AvgIpc) is 3.20. The Morgan fingerprint density at radius 2 is 1.63 bits per heavy atom. The molecule has 0 bridgehead atoms. The van der Waals surface area contributed by atoms with E-state index in [0.717, 1.165) is 56.1 Å². The first kappa shape index (κ1) is 27.2. The van der Waals surface area contributed by atoms with Gasteiger partial charge in [0.15, 0.2) is 4.32 Å². The van der Waals surface area contributed by atoms with Crippen molar-refractivity contribution >= 4 is 57.4 Å². The maximum atomic E-state index is 13.9. The number of para-hydroxylation sites is 1. The number of nitrogens with zero attached hydrogens (tertiary/aromatic N) is 6. The predicted octanol–water partition coefficient (Wildman–Crippen LogP) is 4.59. The zero-order valence-electron chi connectivity index (χ0n) is 23.2. The third kappa shape index (κ3) is 4.72. The summed E-state index contributed by atoms with van der Waals surface area (Å²) >= 11 is 6.74. The van der Waals surface area contributed by atoms with E-state index in [1.165, 1.54) is 14.0 Å². The number of aromatic nitrogens is 4. The fourth-order valence-corrected chi connectivity index (χ4v) is 6.75. The van der Waals surface area contributed by atoms with E-state index in [1.807, 2.05) is 49.4 Å². The number of aryl methyl sites for hydroxylation is 1. The number of anilines is 2.